The first-order valence-electron chi connectivity index (χ1n) is 25.1. The molecule has 1 aliphatic carbocycles. The summed E-state index contributed by atoms with van der Waals surface area (Å²) >= 11 is 0. The van der Waals surface area contributed by atoms with Crippen molar-refractivity contribution in [3.05, 3.63) is 257 Å². The van der Waals surface area contributed by atoms with Crippen LogP contribution in [0.15, 0.2) is 218 Å². The molecule has 0 spiro atoms. The first-order chi connectivity index (χ1) is 34.7. The SMILES string of the molecule is CC1(C)c2ccccc2CC(CCc2ccc(-c3nc4cc5c(cc4n3-c3ccccc3)nc(-c3ccc(N4c6ccccc6C(C)(C)c6ccccc64)cc3)n5-c3ccccc3)cc2)c2ccccc21. The average Bonchev–Trinajstić information content (AvgIpc) is 3.95. The van der Waals surface area contributed by atoms with Crippen LogP contribution in [0.3, 0.4) is 0 Å². The van der Waals surface area contributed by atoms with E-state index in [1.54, 1.807) is 0 Å². The monoisotopic (exact) mass is 917 g/mol. The summed E-state index contributed by atoms with van der Waals surface area (Å²) in [5, 5.41) is 0. The molecule has 0 radical (unpaired) electrons. The van der Waals surface area contributed by atoms with Crippen molar-refractivity contribution in [2.75, 3.05) is 4.90 Å². The number of fused-ring (bicyclic) bond motifs is 6. The number of hydrogen-bond donors (Lipinski definition) is 0. The van der Waals surface area contributed by atoms with E-state index in [1.807, 2.05) is 0 Å². The standard InChI is InChI=1S/C66H55N5/c1-65(2)53-25-13-11-19-48(53)41-47(52-24-12-14-26-54(52)65)36-33-44-31-34-45(35-32-44)63-67-57-42-62-58(43-61(57)70(63)49-20-7-5-8-21-49)68-64(71(62)50-22-9-6-10-23-50)46-37-39-51(40-38-46)69-59-29-17-15-27-55(59)66(3,4)56-28-16-18-30-60(56)69/h5-32,34-35,37-40,42-43,47H,33,36,41H2,1-4H3. The highest BCUT2D eigenvalue weighted by Crippen LogP contribution is 2.52. The predicted octanol–water partition coefficient (Wildman–Crippen LogP) is 16.4. The van der Waals surface area contributed by atoms with E-state index in [0.717, 1.165) is 81.2 Å². The highest BCUT2D eigenvalue weighted by Gasteiger charge is 2.37. The number of rotatable bonds is 8. The van der Waals surface area contributed by atoms with Gasteiger partial charge in [0.1, 0.15) is 11.6 Å². The van der Waals surface area contributed by atoms with E-state index in [1.165, 1.54) is 50.3 Å². The Labute approximate surface area is 416 Å². The maximum absolute atomic E-state index is 5.48. The molecule has 1 atom stereocenters. The van der Waals surface area contributed by atoms with Gasteiger partial charge in [-0.05, 0) is 137 Å². The Kier molecular flexibility index (Phi) is 10.1. The van der Waals surface area contributed by atoms with Gasteiger partial charge in [-0.25, -0.2) is 9.97 Å². The van der Waals surface area contributed by atoms with Crippen LogP contribution < -0.4 is 4.90 Å². The Hall–Kier alpha value is -8.28. The molecule has 11 aromatic rings. The summed E-state index contributed by atoms with van der Waals surface area (Å²) in [5.74, 6) is 2.24. The van der Waals surface area contributed by atoms with Gasteiger partial charge < -0.3 is 4.90 Å². The van der Waals surface area contributed by atoms with Crippen molar-refractivity contribution in [3.8, 4) is 34.2 Å². The summed E-state index contributed by atoms with van der Waals surface area (Å²) in [6.45, 7) is 9.44. The molecule has 9 aromatic carbocycles. The number of para-hydroxylation sites is 4. The average molecular weight is 918 g/mol. The van der Waals surface area contributed by atoms with Crippen molar-refractivity contribution in [1.29, 1.82) is 0 Å². The number of benzene rings is 9. The lowest BCUT2D eigenvalue weighted by atomic mass is 9.73. The van der Waals surface area contributed by atoms with Crippen molar-refractivity contribution >= 4 is 39.1 Å². The number of aryl methyl sites for hydroxylation is 1. The molecule has 2 aliphatic rings. The van der Waals surface area contributed by atoms with Gasteiger partial charge in [-0.15, -0.1) is 0 Å². The van der Waals surface area contributed by atoms with E-state index in [0.29, 0.717) is 5.92 Å². The highest BCUT2D eigenvalue weighted by atomic mass is 15.2. The molecule has 0 N–H and O–H groups in total. The molecule has 0 bridgehead atoms. The summed E-state index contributed by atoms with van der Waals surface area (Å²) < 4.78 is 4.59. The van der Waals surface area contributed by atoms with Crippen LogP contribution in [0.5, 0.6) is 0 Å². The third-order valence-electron chi connectivity index (χ3n) is 15.7. The Morgan fingerprint density at radius 2 is 0.887 bits per heavy atom. The van der Waals surface area contributed by atoms with Crippen molar-refractivity contribution in [2.24, 2.45) is 0 Å². The van der Waals surface area contributed by atoms with Crippen molar-refractivity contribution < 1.29 is 0 Å². The van der Waals surface area contributed by atoms with Crippen molar-refractivity contribution in [3.63, 3.8) is 0 Å². The summed E-state index contributed by atoms with van der Waals surface area (Å²) in [5.41, 5.74) is 21.3. The molecule has 13 rings (SSSR count). The predicted molar refractivity (Wildman–Crippen MR) is 293 cm³/mol. The molecule has 1 unspecified atom stereocenters. The molecule has 3 heterocycles. The smallest absolute Gasteiger partial charge is 0.145 e. The van der Waals surface area contributed by atoms with Crippen LogP contribution in [0, 0.1) is 0 Å². The van der Waals surface area contributed by atoms with E-state index in [9.17, 15) is 0 Å². The van der Waals surface area contributed by atoms with E-state index < -0.39 is 0 Å². The van der Waals surface area contributed by atoms with Crippen LogP contribution in [0.4, 0.5) is 17.1 Å². The maximum atomic E-state index is 5.48. The zero-order valence-electron chi connectivity index (χ0n) is 40.7. The lowest BCUT2D eigenvalue weighted by molar-refractivity contribution is 0.611. The fraction of sp³-hybridized carbons (Fsp3) is 0.152. The molecule has 0 fully saturated rings. The summed E-state index contributed by atoms with van der Waals surface area (Å²) in [4.78, 5) is 13.4. The Balaban J connectivity index is 0.868. The fourth-order valence-corrected chi connectivity index (χ4v) is 12.1. The van der Waals surface area contributed by atoms with Gasteiger partial charge in [-0.1, -0.05) is 173 Å². The van der Waals surface area contributed by atoms with E-state index in [-0.39, 0.29) is 10.8 Å². The van der Waals surface area contributed by atoms with E-state index in [2.05, 4.69) is 260 Å². The van der Waals surface area contributed by atoms with E-state index in [4.69, 9.17) is 9.97 Å². The molecular weight excluding hydrogens is 863 g/mol. The van der Waals surface area contributed by atoms with Crippen LogP contribution in [0.1, 0.15) is 79.0 Å². The van der Waals surface area contributed by atoms with Crippen LogP contribution in [0.2, 0.25) is 0 Å². The normalized spacial score (nSPS) is 15.4. The molecule has 0 saturated heterocycles. The second-order valence-electron chi connectivity index (χ2n) is 20.6. The third kappa shape index (κ3) is 7.05. The van der Waals surface area contributed by atoms with Gasteiger partial charge in [0.2, 0.25) is 0 Å². The molecule has 0 amide bonds. The number of imidazole rings is 2. The molecule has 5 nitrogen and oxygen atoms in total. The topological polar surface area (TPSA) is 38.9 Å². The van der Waals surface area contributed by atoms with Crippen molar-refractivity contribution in [1.82, 2.24) is 19.1 Å². The molecule has 0 saturated carbocycles. The second kappa shape index (κ2) is 16.7. The minimum atomic E-state index is -0.120. The second-order valence-corrected chi connectivity index (χ2v) is 20.6. The lowest BCUT2D eigenvalue weighted by Gasteiger charge is -2.42. The van der Waals surface area contributed by atoms with Crippen LogP contribution in [0.25, 0.3) is 56.2 Å². The lowest BCUT2D eigenvalue weighted by Crippen LogP contribution is -2.30. The molecule has 71 heavy (non-hydrogen) atoms. The third-order valence-corrected chi connectivity index (χ3v) is 15.7. The number of nitrogens with zero attached hydrogens (tertiary/aromatic N) is 5. The summed E-state index contributed by atoms with van der Waals surface area (Å²) in [7, 11) is 0. The minimum absolute atomic E-state index is 0.0392. The van der Waals surface area contributed by atoms with Gasteiger partial charge in [0.05, 0.1) is 33.4 Å². The zero-order chi connectivity index (χ0) is 47.8. The number of aromatic nitrogens is 4. The van der Waals surface area contributed by atoms with Gasteiger partial charge in [0, 0.05) is 39.0 Å². The van der Waals surface area contributed by atoms with Gasteiger partial charge in [0.25, 0.3) is 0 Å². The van der Waals surface area contributed by atoms with Crippen LogP contribution >= 0.6 is 0 Å². The summed E-state index contributed by atoms with van der Waals surface area (Å²) in [6.07, 6.45) is 3.14. The quantitative estimate of drug-likeness (QED) is 0.152. The number of hydrogen-bond acceptors (Lipinski definition) is 3. The summed E-state index contributed by atoms with van der Waals surface area (Å²) in [6, 6.07) is 79.6. The highest BCUT2D eigenvalue weighted by molar-refractivity contribution is 5.97. The van der Waals surface area contributed by atoms with Gasteiger partial charge in [-0.2, -0.15) is 0 Å². The first-order valence-corrected chi connectivity index (χ1v) is 25.1. The maximum Gasteiger partial charge on any atom is 0.145 e. The zero-order valence-corrected chi connectivity index (χ0v) is 40.7. The van der Waals surface area contributed by atoms with Crippen molar-refractivity contribution in [2.45, 2.75) is 63.7 Å². The molecule has 344 valence electrons. The van der Waals surface area contributed by atoms with Crippen LogP contribution in [-0.2, 0) is 23.7 Å². The number of anilines is 3. The van der Waals surface area contributed by atoms with Gasteiger partial charge in [0.15, 0.2) is 0 Å². The molecular formula is C66H55N5. The largest absolute Gasteiger partial charge is 0.310 e. The Morgan fingerprint density at radius 1 is 0.437 bits per heavy atom. The van der Waals surface area contributed by atoms with Gasteiger partial charge >= 0.3 is 0 Å². The molecule has 2 aromatic heterocycles. The molecule has 5 heteroatoms. The fourth-order valence-electron chi connectivity index (χ4n) is 12.1. The first kappa shape index (κ1) is 42.8. The van der Waals surface area contributed by atoms with Gasteiger partial charge in [-0.3, -0.25) is 9.13 Å². The molecule has 1 aliphatic heterocycles. The minimum Gasteiger partial charge on any atom is -0.310 e. The van der Waals surface area contributed by atoms with E-state index >= 15 is 0 Å². The Bertz CT molecular complexity index is 3730. The van der Waals surface area contributed by atoms with Crippen LogP contribution in [-0.4, -0.2) is 19.1 Å². The Morgan fingerprint density at radius 3 is 1.45 bits per heavy atom.